The molecule has 0 heterocycles. The lowest BCUT2D eigenvalue weighted by atomic mass is 10.3. The number of nitrogens with zero attached hydrogens (tertiary/aromatic N) is 1. The van der Waals surface area contributed by atoms with Crippen molar-refractivity contribution >= 4 is 18.5 Å². The minimum atomic E-state index is -0.494. The number of amides is 2. The highest BCUT2D eigenvalue weighted by Gasteiger charge is 1.99. The molecule has 2 amide bonds. The molecule has 4 heteroatoms. The maximum atomic E-state index is 10.3. The molecular weight excluding hydrogens is 120 g/mol. The molecule has 9 heavy (non-hydrogen) atoms. The molecule has 0 aliphatic carbocycles. The maximum Gasteiger partial charge on any atom is 0.245 e. The summed E-state index contributed by atoms with van der Waals surface area (Å²) in [6, 6.07) is 0. The van der Waals surface area contributed by atoms with E-state index in [1.807, 2.05) is 0 Å². The summed E-state index contributed by atoms with van der Waals surface area (Å²) in [6.45, 7) is 2.99. The van der Waals surface area contributed by atoms with Gasteiger partial charge in [-0.1, -0.05) is 0 Å². The SMILES string of the molecule is C=NC(=O)CCC(N)=O. The van der Waals surface area contributed by atoms with Gasteiger partial charge in [0.05, 0.1) is 0 Å². The summed E-state index contributed by atoms with van der Waals surface area (Å²) in [5, 5.41) is 0. The van der Waals surface area contributed by atoms with Crippen molar-refractivity contribution in [1.29, 1.82) is 0 Å². The molecule has 0 aliphatic rings. The van der Waals surface area contributed by atoms with E-state index < -0.39 is 11.8 Å². The third kappa shape index (κ3) is 4.67. The smallest absolute Gasteiger partial charge is 0.245 e. The van der Waals surface area contributed by atoms with Crippen molar-refractivity contribution in [2.45, 2.75) is 12.8 Å². The molecule has 0 bridgehead atoms. The van der Waals surface area contributed by atoms with Crippen molar-refractivity contribution in [2.24, 2.45) is 10.7 Å². The van der Waals surface area contributed by atoms with Gasteiger partial charge in [0.15, 0.2) is 0 Å². The predicted octanol–water partition coefficient (Wildman–Crippen LogP) is -0.521. The molecule has 0 fully saturated rings. The van der Waals surface area contributed by atoms with Crippen molar-refractivity contribution < 1.29 is 9.59 Å². The number of primary amides is 1. The zero-order chi connectivity index (χ0) is 7.28. The summed E-state index contributed by atoms with van der Waals surface area (Å²) in [6.07, 6.45) is 0.122. The van der Waals surface area contributed by atoms with Crippen LogP contribution in [0.2, 0.25) is 0 Å². The van der Waals surface area contributed by atoms with E-state index in [2.05, 4.69) is 11.7 Å². The van der Waals surface area contributed by atoms with E-state index in [4.69, 9.17) is 5.73 Å². The lowest BCUT2D eigenvalue weighted by Gasteiger charge is -1.87. The molecule has 0 spiro atoms. The number of hydrogen-bond acceptors (Lipinski definition) is 2. The Morgan fingerprint density at radius 1 is 1.44 bits per heavy atom. The summed E-state index contributed by atoms with van der Waals surface area (Å²) in [4.78, 5) is 23.4. The summed E-state index contributed by atoms with van der Waals surface area (Å²) in [5.74, 6) is -0.888. The second-order valence-corrected chi connectivity index (χ2v) is 1.52. The highest BCUT2D eigenvalue weighted by Crippen LogP contribution is 1.88. The first-order chi connectivity index (χ1) is 4.16. The van der Waals surface area contributed by atoms with Gasteiger partial charge in [-0.3, -0.25) is 9.59 Å². The van der Waals surface area contributed by atoms with Crippen LogP contribution in [0.25, 0.3) is 0 Å². The molecule has 0 rings (SSSR count). The second kappa shape index (κ2) is 3.77. The molecule has 4 nitrogen and oxygen atoms in total. The fourth-order valence-electron chi connectivity index (χ4n) is 0.309. The average Bonchev–Trinajstić information content (AvgIpc) is 1.83. The van der Waals surface area contributed by atoms with Gasteiger partial charge >= 0.3 is 0 Å². The molecule has 0 saturated heterocycles. The third-order valence-corrected chi connectivity index (χ3v) is 0.762. The van der Waals surface area contributed by atoms with Crippen molar-refractivity contribution in [2.75, 3.05) is 0 Å². The van der Waals surface area contributed by atoms with Crippen molar-refractivity contribution in [1.82, 2.24) is 0 Å². The van der Waals surface area contributed by atoms with Crippen molar-refractivity contribution in [3.05, 3.63) is 0 Å². The van der Waals surface area contributed by atoms with E-state index in [-0.39, 0.29) is 12.8 Å². The van der Waals surface area contributed by atoms with Gasteiger partial charge in [0, 0.05) is 12.8 Å². The molecule has 2 N–H and O–H groups in total. The molecule has 0 saturated carbocycles. The van der Waals surface area contributed by atoms with E-state index in [9.17, 15) is 9.59 Å². The largest absolute Gasteiger partial charge is 0.370 e. The van der Waals surface area contributed by atoms with Crippen LogP contribution in [0.15, 0.2) is 4.99 Å². The van der Waals surface area contributed by atoms with Gasteiger partial charge in [0.1, 0.15) is 0 Å². The third-order valence-electron chi connectivity index (χ3n) is 0.762. The molecule has 0 unspecified atom stereocenters. The van der Waals surface area contributed by atoms with Crippen LogP contribution >= 0.6 is 0 Å². The predicted molar refractivity (Wildman–Crippen MR) is 33.0 cm³/mol. The number of carbonyl (C=O) groups excluding carboxylic acids is 2. The van der Waals surface area contributed by atoms with Gasteiger partial charge in [-0.2, -0.15) is 0 Å². The van der Waals surface area contributed by atoms with Crippen molar-refractivity contribution in [3.63, 3.8) is 0 Å². The van der Waals surface area contributed by atoms with Gasteiger partial charge in [0.2, 0.25) is 11.8 Å². The minimum Gasteiger partial charge on any atom is -0.370 e. The monoisotopic (exact) mass is 128 g/mol. The Bertz CT molecular complexity index is 142. The molecule has 0 atom stereocenters. The van der Waals surface area contributed by atoms with Gasteiger partial charge in [-0.15, -0.1) is 0 Å². The topological polar surface area (TPSA) is 72.5 Å². The highest BCUT2D eigenvalue weighted by atomic mass is 16.2. The lowest BCUT2D eigenvalue weighted by molar-refractivity contribution is -0.123. The molecular formula is C5H8N2O2. The van der Waals surface area contributed by atoms with Crippen LogP contribution < -0.4 is 5.73 Å². The molecule has 0 radical (unpaired) electrons. The first-order valence-corrected chi connectivity index (χ1v) is 2.44. The fourth-order valence-corrected chi connectivity index (χ4v) is 0.309. The molecule has 0 aromatic heterocycles. The summed E-state index contributed by atoms with van der Waals surface area (Å²) in [7, 11) is 0. The number of nitrogens with two attached hydrogens (primary N) is 1. The van der Waals surface area contributed by atoms with E-state index in [0.29, 0.717) is 0 Å². The lowest BCUT2D eigenvalue weighted by Crippen LogP contribution is -2.11. The van der Waals surface area contributed by atoms with Gasteiger partial charge < -0.3 is 5.73 Å². The van der Waals surface area contributed by atoms with E-state index in [1.54, 1.807) is 0 Å². The molecule has 0 aliphatic heterocycles. The zero-order valence-electron chi connectivity index (χ0n) is 4.96. The molecule has 0 aromatic carbocycles. The Labute approximate surface area is 52.8 Å². The number of rotatable bonds is 3. The first-order valence-electron chi connectivity index (χ1n) is 2.44. The van der Waals surface area contributed by atoms with Crippen molar-refractivity contribution in [3.8, 4) is 0 Å². The van der Waals surface area contributed by atoms with Crippen LogP contribution in [0.1, 0.15) is 12.8 Å². The zero-order valence-corrected chi connectivity index (χ0v) is 4.96. The van der Waals surface area contributed by atoms with Crippen LogP contribution in [0, 0.1) is 0 Å². The molecule has 0 aromatic rings. The average molecular weight is 128 g/mol. The van der Waals surface area contributed by atoms with Gasteiger partial charge in [-0.05, 0) is 6.72 Å². The number of carbonyl (C=O) groups is 2. The summed E-state index contributed by atoms with van der Waals surface area (Å²) < 4.78 is 0. The second-order valence-electron chi connectivity index (χ2n) is 1.52. The standard InChI is InChI=1S/C5H8N2O2/c1-7-5(9)3-2-4(6)8/h1-3H2,(H2,6,8). The van der Waals surface area contributed by atoms with E-state index >= 15 is 0 Å². The Morgan fingerprint density at radius 3 is 2.33 bits per heavy atom. The Balaban J connectivity index is 3.39. The van der Waals surface area contributed by atoms with Crippen LogP contribution in [-0.4, -0.2) is 18.5 Å². The maximum absolute atomic E-state index is 10.3. The fraction of sp³-hybridized carbons (Fsp3) is 0.400. The van der Waals surface area contributed by atoms with E-state index in [0.717, 1.165) is 0 Å². The van der Waals surface area contributed by atoms with Gasteiger partial charge in [-0.25, -0.2) is 4.99 Å². The highest BCUT2D eigenvalue weighted by molar-refractivity contribution is 5.85. The van der Waals surface area contributed by atoms with E-state index in [1.165, 1.54) is 0 Å². The normalized spacial score (nSPS) is 8.44. The Kier molecular flexibility index (Phi) is 3.27. The van der Waals surface area contributed by atoms with Crippen LogP contribution in [0.5, 0.6) is 0 Å². The van der Waals surface area contributed by atoms with Crippen LogP contribution in [0.4, 0.5) is 0 Å². The number of aliphatic imine (C=N–C) groups is 1. The summed E-state index contributed by atoms with van der Waals surface area (Å²) in [5.41, 5.74) is 4.74. The summed E-state index contributed by atoms with van der Waals surface area (Å²) >= 11 is 0. The Morgan fingerprint density at radius 2 is 2.00 bits per heavy atom. The van der Waals surface area contributed by atoms with Gasteiger partial charge in [0.25, 0.3) is 0 Å². The van der Waals surface area contributed by atoms with Crippen LogP contribution in [-0.2, 0) is 9.59 Å². The first kappa shape index (κ1) is 7.81. The Hall–Kier alpha value is -1.19. The quantitative estimate of drug-likeness (QED) is 0.519. The number of hydrogen-bond donors (Lipinski definition) is 1. The van der Waals surface area contributed by atoms with Crippen LogP contribution in [0.3, 0.4) is 0 Å². The molecule has 50 valence electrons. The minimum absolute atomic E-state index is 0.0534.